The fourth-order valence-corrected chi connectivity index (χ4v) is 7.19. The van der Waals surface area contributed by atoms with Crippen molar-refractivity contribution < 1.29 is 28.7 Å². The second kappa shape index (κ2) is 11.4. The number of anilines is 2. The summed E-state index contributed by atoms with van der Waals surface area (Å²) in [6.45, 7) is -0.472. The summed E-state index contributed by atoms with van der Waals surface area (Å²) in [5.74, 6) is -0.0691. The first-order valence-corrected chi connectivity index (χ1v) is 14.8. The Kier molecular flexibility index (Phi) is 7.18. The van der Waals surface area contributed by atoms with E-state index in [4.69, 9.17) is 9.47 Å². The van der Waals surface area contributed by atoms with E-state index in [1.54, 1.807) is 36.4 Å². The topological polar surface area (TPSA) is 102 Å². The summed E-state index contributed by atoms with van der Waals surface area (Å²) in [7, 11) is 0. The number of imide groups is 1. The molecule has 8 heteroatoms. The molecule has 1 saturated heterocycles. The number of carbonyl (C=O) groups excluding carboxylic acids is 4. The van der Waals surface area contributed by atoms with E-state index in [0.29, 0.717) is 28.8 Å². The van der Waals surface area contributed by atoms with E-state index < -0.39 is 18.5 Å². The number of carbonyl (C=O) groups is 4. The van der Waals surface area contributed by atoms with Crippen molar-refractivity contribution in [2.45, 2.75) is 18.8 Å². The number of esters is 1. The van der Waals surface area contributed by atoms with Gasteiger partial charge in [0.25, 0.3) is 5.91 Å². The molecule has 2 saturated carbocycles. The molecule has 0 spiro atoms. The lowest BCUT2D eigenvalue weighted by Crippen LogP contribution is -2.33. The first kappa shape index (κ1) is 27.6. The van der Waals surface area contributed by atoms with Crippen LogP contribution in [0.1, 0.15) is 34.7 Å². The van der Waals surface area contributed by atoms with Crippen LogP contribution in [0.4, 0.5) is 11.4 Å². The number of nitrogens with one attached hydrogen (secondary N) is 1. The lowest BCUT2D eigenvalue weighted by atomic mass is 9.73. The molecule has 1 aliphatic heterocycles. The van der Waals surface area contributed by atoms with Crippen LogP contribution in [0.15, 0.2) is 109 Å². The van der Waals surface area contributed by atoms with Crippen molar-refractivity contribution in [1.82, 2.24) is 0 Å². The van der Waals surface area contributed by atoms with E-state index >= 15 is 0 Å². The van der Waals surface area contributed by atoms with Gasteiger partial charge >= 0.3 is 5.97 Å². The van der Waals surface area contributed by atoms with Crippen LogP contribution in [-0.4, -0.2) is 30.3 Å². The number of hydrogen-bond acceptors (Lipinski definition) is 6. The number of hydrogen-bond donors (Lipinski definition) is 1. The molecule has 2 aliphatic carbocycles. The molecular weight excluding hydrogens is 556 g/mol. The molecule has 44 heavy (non-hydrogen) atoms. The summed E-state index contributed by atoms with van der Waals surface area (Å²) < 4.78 is 10.9. The smallest absolute Gasteiger partial charge is 0.338 e. The molecule has 0 aromatic heterocycles. The molecule has 1 N–H and O–H groups in total. The lowest BCUT2D eigenvalue weighted by Gasteiger charge is -2.28. The van der Waals surface area contributed by atoms with Crippen molar-refractivity contribution in [2.75, 3.05) is 16.8 Å². The SMILES string of the molecule is O=C(COC(=O)c1ccc(N2C(=O)[C@@H]3[C@@H]4C[C@@H]([C@@H]3C2=O)[C@@H](c2ccccc2)C4)cc1)Nc1ccc(Oc2ccccc2)cc1. The highest BCUT2D eigenvalue weighted by Gasteiger charge is 2.64. The van der Waals surface area contributed by atoms with Gasteiger partial charge in [-0.1, -0.05) is 48.5 Å². The standard InChI is InChI=1S/C36H30N2O6/c39-31(37-25-13-17-28(18-14-25)44-27-9-5-2-6-10-27)21-43-36(42)23-11-15-26(16-12-23)38-34(40)32-24-19-29(22-7-3-1-4-8-22)30(20-24)33(32)35(38)41/h1-18,24,29-30,32-33H,19-21H2,(H,37,39)/t24-,29+,30+,32+,33-/m0/s1. The number of para-hydroxylation sites is 1. The van der Waals surface area contributed by atoms with Gasteiger partial charge in [-0.05, 0) is 96.8 Å². The van der Waals surface area contributed by atoms with E-state index in [-0.39, 0.29) is 41.0 Å². The predicted octanol–water partition coefficient (Wildman–Crippen LogP) is 6.20. The summed E-state index contributed by atoms with van der Waals surface area (Å²) in [6.07, 6.45) is 1.83. The minimum Gasteiger partial charge on any atom is -0.457 e. The van der Waals surface area contributed by atoms with Crippen LogP contribution in [0.5, 0.6) is 11.5 Å². The number of fused-ring (bicyclic) bond motifs is 5. The number of rotatable bonds is 8. The van der Waals surface area contributed by atoms with Crippen molar-refractivity contribution in [3.8, 4) is 11.5 Å². The van der Waals surface area contributed by atoms with Gasteiger partial charge < -0.3 is 14.8 Å². The van der Waals surface area contributed by atoms with Crippen LogP contribution in [0.3, 0.4) is 0 Å². The Morgan fingerprint density at radius 3 is 2.07 bits per heavy atom. The van der Waals surface area contributed by atoms with Crippen LogP contribution < -0.4 is 15.0 Å². The molecular formula is C36H30N2O6. The summed E-state index contributed by atoms with van der Waals surface area (Å²) in [5.41, 5.74) is 2.43. The van der Waals surface area contributed by atoms with E-state index in [1.165, 1.54) is 22.6 Å². The second-order valence-corrected chi connectivity index (χ2v) is 11.6. The molecule has 0 unspecified atom stereocenters. The number of benzene rings is 4. The van der Waals surface area contributed by atoms with Crippen molar-refractivity contribution >= 4 is 35.1 Å². The molecule has 2 bridgehead atoms. The van der Waals surface area contributed by atoms with Crippen LogP contribution >= 0.6 is 0 Å². The van der Waals surface area contributed by atoms with Crippen LogP contribution in [0, 0.1) is 23.7 Å². The van der Waals surface area contributed by atoms with Gasteiger partial charge in [0.1, 0.15) is 11.5 Å². The molecule has 5 atom stereocenters. The zero-order chi connectivity index (χ0) is 30.2. The van der Waals surface area contributed by atoms with Gasteiger partial charge in [-0.15, -0.1) is 0 Å². The molecule has 8 nitrogen and oxygen atoms in total. The molecule has 7 rings (SSSR count). The number of amides is 3. The zero-order valence-corrected chi connectivity index (χ0v) is 23.8. The van der Waals surface area contributed by atoms with Crippen LogP contribution in [-0.2, 0) is 19.1 Å². The predicted molar refractivity (Wildman–Crippen MR) is 163 cm³/mol. The van der Waals surface area contributed by atoms with Crippen molar-refractivity contribution in [3.05, 3.63) is 120 Å². The van der Waals surface area contributed by atoms with E-state index in [2.05, 4.69) is 17.4 Å². The fourth-order valence-electron chi connectivity index (χ4n) is 7.19. The summed E-state index contributed by atoms with van der Waals surface area (Å²) in [4.78, 5) is 53.3. The summed E-state index contributed by atoms with van der Waals surface area (Å²) in [6, 6.07) is 32.6. The van der Waals surface area contributed by atoms with Crippen molar-refractivity contribution in [2.24, 2.45) is 23.7 Å². The minimum atomic E-state index is -0.682. The Morgan fingerprint density at radius 1 is 0.727 bits per heavy atom. The molecule has 1 heterocycles. The van der Waals surface area contributed by atoms with Crippen LogP contribution in [0.2, 0.25) is 0 Å². The zero-order valence-electron chi connectivity index (χ0n) is 23.8. The lowest BCUT2D eigenvalue weighted by molar-refractivity contribution is -0.123. The molecule has 220 valence electrons. The van der Waals surface area contributed by atoms with Crippen molar-refractivity contribution in [3.63, 3.8) is 0 Å². The van der Waals surface area contributed by atoms with E-state index in [9.17, 15) is 19.2 Å². The van der Waals surface area contributed by atoms with Gasteiger partial charge in [-0.3, -0.25) is 19.3 Å². The van der Waals surface area contributed by atoms with Gasteiger partial charge in [0, 0.05) is 5.69 Å². The van der Waals surface area contributed by atoms with Gasteiger partial charge in [0.2, 0.25) is 11.8 Å². The molecule has 4 aromatic carbocycles. The highest BCUT2D eigenvalue weighted by Crippen LogP contribution is 2.61. The van der Waals surface area contributed by atoms with Gasteiger partial charge in [0.15, 0.2) is 6.61 Å². The maximum Gasteiger partial charge on any atom is 0.338 e. The number of ether oxygens (including phenoxy) is 2. The maximum absolute atomic E-state index is 13.6. The Morgan fingerprint density at radius 2 is 1.36 bits per heavy atom. The first-order chi connectivity index (χ1) is 21.5. The molecule has 3 amide bonds. The summed E-state index contributed by atoms with van der Waals surface area (Å²) in [5, 5.41) is 2.69. The highest BCUT2D eigenvalue weighted by atomic mass is 16.5. The van der Waals surface area contributed by atoms with Gasteiger partial charge in [-0.25, -0.2) is 4.79 Å². The Labute approximate surface area is 254 Å². The molecule has 3 aliphatic rings. The third-order valence-corrected chi connectivity index (χ3v) is 9.06. The quantitative estimate of drug-likeness (QED) is 0.195. The minimum absolute atomic E-state index is 0.148. The fraction of sp³-hybridized carbons (Fsp3) is 0.222. The van der Waals surface area contributed by atoms with Gasteiger partial charge in [-0.2, -0.15) is 0 Å². The van der Waals surface area contributed by atoms with Gasteiger partial charge in [0.05, 0.1) is 23.1 Å². The Hall–Kier alpha value is -5.24. The van der Waals surface area contributed by atoms with Crippen LogP contribution in [0.25, 0.3) is 0 Å². The average Bonchev–Trinajstić information content (AvgIpc) is 3.73. The number of nitrogens with zero attached hydrogens (tertiary/aromatic N) is 1. The third-order valence-electron chi connectivity index (χ3n) is 9.06. The maximum atomic E-state index is 13.6. The third kappa shape index (κ3) is 5.13. The molecule has 4 aromatic rings. The average molecular weight is 587 g/mol. The monoisotopic (exact) mass is 586 g/mol. The first-order valence-electron chi connectivity index (χ1n) is 14.8. The second-order valence-electron chi connectivity index (χ2n) is 11.6. The van der Waals surface area contributed by atoms with E-state index in [0.717, 1.165) is 12.8 Å². The molecule has 3 fully saturated rings. The van der Waals surface area contributed by atoms with E-state index in [1.807, 2.05) is 48.5 Å². The summed E-state index contributed by atoms with van der Waals surface area (Å²) >= 11 is 0. The molecule has 0 radical (unpaired) electrons. The Bertz CT molecular complexity index is 1710. The highest BCUT2D eigenvalue weighted by molar-refractivity contribution is 6.22. The largest absolute Gasteiger partial charge is 0.457 e. The van der Waals surface area contributed by atoms with Crippen molar-refractivity contribution in [1.29, 1.82) is 0 Å². The normalized spacial score (nSPS) is 23.4. The Balaban J connectivity index is 0.937.